The molecule has 0 bridgehead atoms. The molecule has 1 N–H and O–H groups in total. The number of carboxylic acids is 1. The summed E-state index contributed by atoms with van der Waals surface area (Å²) in [5.74, 6) is -0.611. The van der Waals surface area contributed by atoms with E-state index in [1.807, 2.05) is 17.0 Å². The third kappa shape index (κ3) is 4.54. The first kappa shape index (κ1) is 18.2. The van der Waals surface area contributed by atoms with E-state index in [4.69, 9.17) is 4.42 Å². The fourth-order valence-corrected chi connectivity index (χ4v) is 3.56. The van der Waals surface area contributed by atoms with Crippen LogP contribution >= 0.6 is 0 Å². The van der Waals surface area contributed by atoms with Crippen LogP contribution in [0.2, 0.25) is 0 Å². The Morgan fingerprint density at radius 3 is 2.50 bits per heavy atom. The predicted molar refractivity (Wildman–Crippen MR) is 97.5 cm³/mol. The topological polar surface area (TPSA) is 70.8 Å². The Bertz CT molecular complexity index is 736. The van der Waals surface area contributed by atoms with Crippen LogP contribution in [0, 0.1) is 18.8 Å². The molecule has 5 nitrogen and oxygen atoms in total. The zero-order chi connectivity index (χ0) is 18.5. The van der Waals surface area contributed by atoms with E-state index >= 15 is 0 Å². The van der Waals surface area contributed by atoms with E-state index in [0.29, 0.717) is 32.4 Å². The Balaban J connectivity index is 1.67. The molecule has 2 aromatic rings. The van der Waals surface area contributed by atoms with Gasteiger partial charge in [0.25, 0.3) is 0 Å². The molecule has 1 aromatic carbocycles. The van der Waals surface area contributed by atoms with Gasteiger partial charge < -0.3 is 14.4 Å². The number of amides is 1. The van der Waals surface area contributed by atoms with Gasteiger partial charge in [-0.3, -0.25) is 9.59 Å². The first-order valence-electron chi connectivity index (χ1n) is 9.12. The molecule has 0 spiro atoms. The van der Waals surface area contributed by atoms with Crippen molar-refractivity contribution in [3.8, 4) is 0 Å². The molecule has 0 unspecified atom stereocenters. The highest BCUT2D eigenvalue weighted by atomic mass is 16.4. The Morgan fingerprint density at radius 2 is 1.88 bits per heavy atom. The monoisotopic (exact) mass is 355 g/mol. The highest BCUT2D eigenvalue weighted by Gasteiger charge is 2.36. The lowest BCUT2D eigenvalue weighted by molar-refractivity contribution is -0.141. The number of nitrogens with zero attached hydrogens (tertiary/aromatic N) is 1. The fraction of sp³-hybridized carbons (Fsp3) is 0.429. The average molecular weight is 355 g/mol. The molecular weight excluding hydrogens is 330 g/mol. The van der Waals surface area contributed by atoms with Crippen LogP contribution in [-0.2, 0) is 22.6 Å². The molecule has 26 heavy (non-hydrogen) atoms. The molecule has 1 heterocycles. The Kier molecular flexibility index (Phi) is 5.76. The summed E-state index contributed by atoms with van der Waals surface area (Å²) in [7, 11) is 0. The third-order valence-electron chi connectivity index (χ3n) is 5.16. The second-order valence-corrected chi connectivity index (χ2v) is 7.12. The molecule has 5 heteroatoms. The minimum atomic E-state index is -0.794. The average Bonchev–Trinajstić information content (AvgIpc) is 3.31. The Hall–Kier alpha value is -2.56. The van der Waals surface area contributed by atoms with Crippen molar-refractivity contribution in [1.82, 2.24) is 4.90 Å². The standard InChI is InChI=1S/C21H25NO4/c1-15-4-6-16(7-5-15)10-11-22(14-19-3-2-12-26-19)20(23)17-8-9-18(13-17)21(24)25/h2-7,12,17-18H,8-11,13-14H2,1H3,(H,24,25)/t17-,18+/m1/s1. The molecule has 1 aliphatic rings. The number of carboxylic acid groups (broad SMARTS) is 1. The van der Waals surface area contributed by atoms with Gasteiger partial charge in [-0.2, -0.15) is 0 Å². The van der Waals surface area contributed by atoms with Crippen molar-refractivity contribution >= 4 is 11.9 Å². The smallest absolute Gasteiger partial charge is 0.306 e. The second-order valence-electron chi connectivity index (χ2n) is 7.12. The summed E-state index contributed by atoms with van der Waals surface area (Å²) in [6.45, 7) is 3.07. The van der Waals surface area contributed by atoms with E-state index in [-0.39, 0.29) is 11.8 Å². The van der Waals surface area contributed by atoms with Gasteiger partial charge in [-0.15, -0.1) is 0 Å². The van der Waals surface area contributed by atoms with E-state index in [9.17, 15) is 14.7 Å². The molecule has 0 aliphatic heterocycles. The number of aryl methyl sites for hydroxylation is 1. The van der Waals surface area contributed by atoms with E-state index in [0.717, 1.165) is 12.2 Å². The lowest BCUT2D eigenvalue weighted by atomic mass is 10.0. The third-order valence-corrected chi connectivity index (χ3v) is 5.16. The molecule has 3 rings (SSSR count). The van der Waals surface area contributed by atoms with Gasteiger partial charge in [0.2, 0.25) is 5.91 Å². The zero-order valence-electron chi connectivity index (χ0n) is 15.1. The van der Waals surface area contributed by atoms with E-state index < -0.39 is 11.9 Å². The van der Waals surface area contributed by atoms with Crippen molar-refractivity contribution in [2.24, 2.45) is 11.8 Å². The largest absolute Gasteiger partial charge is 0.481 e. The van der Waals surface area contributed by atoms with Gasteiger partial charge in [-0.05, 0) is 50.3 Å². The van der Waals surface area contributed by atoms with Gasteiger partial charge in [0.1, 0.15) is 5.76 Å². The first-order chi connectivity index (χ1) is 12.5. The summed E-state index contributed by atoms with van der Waals surface area (Å²) in [4.78, 5) is 26.0. The number of benzene rings is 1. The van der Waals surface area contributed by atoms with Crippen LogP contribution in [0.1, 0.15) is 36.1 Å². The molecule has 1 saturated carbocycles. The Morgan fingerprint density at radius 1 is 1.15 bits per heavy atom. The minimum Gasteiger partial charge on any atom is -0.481 e. The van der Waals surface area contributed by atoms with Crippen molar-refractivity contribution in [3.05, 3.63) is 59.5 Å². The summed E-state index contributed by atoms with van der Waals surface area (Å²) >= 11 is 0. The van der Waals surface area contributed by atoms with E-state index in [2.05, 4.69) is 31.2 Å². The molecule has 1 amide bonds. The first-order valence-corrected chi connectivity index (χ1v) is 9.12. The number of carbonyl (C=O) groups is 2. The van der Waals surface area contributed by atoms with Gasteiger partial charge in [-0.1, -0.05) is 29.8 Å². The van der Waals surface area contributed by atoms with Crippen molar-refractivity contribution in [2.75, 3.05) is 6.54 Å². The lowest BCUT2D eigenvalue weighted by Gasteiger charge is -2.25. The van der Waals surface area contributed by atoms with Crippen molar-refractivity contribution in [3.63, 3.8) is 0 Å². The van der Waals surface area contributed by atoms with Gasteiger partial charge in [-0.25, -0.2) is 0 Å². The number of hydrogen-bond donors (Lipinski definition) is 1. The van der Waals surface area contributed by atoms with Crippen LogP contribution in [0.5, 0.6) is 0 Å². The molecule has 1 fully saturated rings. The molecule has 1 aliphatic carbocycles. The number of furan rings is 1. The lowest BCUT2D eigenvalue weighted by Crippen LogP contribution is -2.36. The van der Waals surface area contributed by atoms with Gasteiger partial charge >= 0.3 is 5.97 Å². The van der Waals surface area contributed by atoms with Crippen LogP contribution in [-0.4, -0.2) is 28.4 Å². The van der Waals surface area contributed by atoms with Gasteiger partial charge in [0, 0.05) is 12.5 Å². The highest BCUT2D eigenvalue weighted by molar-refractivity contribution is 5.81. The fourth-order valence-electron chi connectivity index (χ4n) is 3.56. The van der Waals surface area contributed by atoms with E-state index in [1.54, 1.807) is 6.26 Å². The quantitative estimate of drug-likeness (QED) is 0.823. The normalized spacial score (nSPS) is 19.4. The summed E-state index contributed by atoms with van der Waals surface area (Å²) in [6, 6.07) is 12.0. The Labute approximate surface area is 153 Å². The summed E-state index contributed by atoms with van der Waals surface area (Å²) in [5.41, 5.74) is 2.39. The molecule has 0 radical (unpaired) electrons. The zero-order valence-corrected chi connectivity index (χ0v) is 15.1. The second kappa shape index (κ2) is 8.21. The van der Waals surface area contributed by atoms with Crippen LogP contribution in [0.25, 0.3) is 0 Å². The van der Waals surface area contributed by atoms with Crippen molar-refractivity contribution < 1.29 is 19.1 Å². The molecule has 2 atom stereocenters. The van der Waals surface area contributed by atoms with Crippen LogP contribution in [0.3, 0.4) is 0 Å². The van der Waals surface area contributed by atoms with Gasteiger partial charge in [0.15, 0.2) is 0 Å². The number of aliphatic carboxylic acids is 1. The SMILES string of the molecule is Cc1ccc(CCN(Cc2ccco2)C(=O)[C@@H]2CC[C@H](C(=O)O)C2)cc1. The maximum atomic E-state index is 13.0. The maximum Gasteiger partial charge on any atom is 0.306 e. The summed E-state index contributed by atoms with van der Waals surface area (Å²) in [5, 5.41) is 9.19. The maximum absolute atomic E-state index is 13.0. The van der Waals surface area contributed by atoms with Crippen LogP contribution in [0.15, 0.2) is 47.1 Å². The van der Waals surface area contributed by atoms with Crippen LogP contribution in [0.4, 0.5) is 0 Å². The minimum absolute atomic E-state index is 0.0391. The number of carbonyl (C=O) groups excluding carboxylic acids is 1. The van der Waals surface area contributed by atoms with Crippen molar-refractivity contribution in [1.29, 1.82) is 0 Å². The van der Waals surface area contributed by atoms with Crippen molar-refractivity contribution in [2.45, 2.75) is 39.2 Å². The number of rotatable bonds is 7. The number of hydrogen-bond acceptors (Lipinski definition) is 3. The summed E-state index contributed by atoms with van der Waals surface area (Å²) in [6.07, 6.45) is 4.04. The molecule has 0 saturated heterocycles. The molecular formula is C21H25NO4. The molecule has 1 aromatic heterocycles. The highest BCUT2D eigenvalue weighted by Crippen LogP contribution is 2.32. The van der Waals surface area contributed by atoms with Crippen LogP contribution < -0.4 is 0 Å². The summed E-state index contributed by atoms with van der Waals surface area (Å²) < 4.78 is 5.42. The predicted octanol–water partition coefficient (Wildman–Crippen LogP) is 3.66. The van der Waals surface area contributed by atoms with Gasteiger partial charge in [0.05, 0.1) is 18.7 Å². The van der Waals surface area contributed by atoms with E-state index in [1.165, 1.54) is 11.1 Å². The molecule has 138 valence electrons.